The van der Waals surface area contributed by atoms with Crippen molar-refractivity contribution in [1.82, 2.24) is 9.80 Å². The third-order valence-corrected chi connectivity index (χ3v) is 8.88. The highest BCUT2D eigenvalue weighted by atomic mass is 35.5. The molecule has 8 nitrogen and oxygen atoms in total. The molecule has 4 heterocycles. The fourth-order valence-corrected chi connectivity index (χ4v) is 7.32. The summed E-state index contributed by atoms with van der Waals surface area (Å²) in [7, 11) is 0. The molecule has 6 atom stereocenters. The minimum absolute atomic E-state index is 0.141. The summed E-state index contributed by atoms with van der Waals surface area (Å²) in [6.45, 7) is 8.84. The number of aliphatic hydroxyl groups excluding tert-OH is 1. The second-order valence-electron chi connectivity index (χ2n) is 11.7. The molecule has 9 heteroatoms. The van der Waals surface area contributed by atoms with E-state index in [0.717, 1.165) is 6.42 Å². The Morgan fingerprint density at radius 1 is 1.05 bits per heavy atom. The molecule has 210 valence electrons. The van der Waals surface area contributed by atoms with E-state index in [1.165, 1.54) is 4.90 Å². The van der Waals surface area contributed by atoms with E-state index < -0.39 is 35.1 Å². The molecule has 3 amide bonds. The van der Waals surface area contributed by atoms with Crippen molar-refractivity contribution in [3.63, 3.8) is 0 Å². The molecule has 1 unspecified atom stereocenters. The Bertz CT molecular complexity index is 1220. The number of rotatable bonds is 7. The number of carbonyl (C=O) groups excluding carboxylic acids is 3. The fraction of sp³-hybridized carbons (Fsp3) is 0.567. The molecule has 0 aromatic heterocycles. The molecule has 1 N–H and O–H groups in total. The van der Waals surface area contributed by atoms with E-state index in [-0.39, 0.29) is 36.8 Å². The Hall–Kier alpha value is -2.68. The van der Waals surface area contributed by atoms with E-state index in [4.69, 9.17) is 16.3 Å². The Balaban J connectivity index is 1.68. The average Bonchev–Trinajstić information content (AvgIpc) is 3.17. The van der Waals surface area contributed by atoms with Crippen molar-refractivity contribution in [2.75, 3.05) is 31.1 Å². The van der Waals surface area contributed by atoms with Crippen LogP contribution in [-0.2, 0) is 19.1 Å². The minimum atomic E-state index is -1.37. The quantitative estimate of drug-likeness (QED) is 0.521. The van der Waals surface area contributed by atoms with Crippen LogP contribution in [0.1, 0.15) is 40.5 Å². The highest BCUT2D eigenvalue weighted by Gasteiger charge is 2.75. The highest BCUT2D eigenvalue weighted by molar-refractivity contribution is 6.34. The van der Waals surface area contributed by atoms with Crippen molar-refractivity contribution in [3.8, 4) is 0 Å². The van der Waals surface area contributed by atoms with Gasteiger partial charge in [0.1, 0.15) is 11.6 Å². The predicted molar refractivity (Wildman–Crippen MR) is 149 cm³/mol. The van der Waals surface area contributed by atoms with Crippen LogP contribution >= 0.6 is 11.6 Å². The number of carbonyl (C=O) groups is 3. The van der Waals surface area contributed by atoms with Gasteiger partial charge in [0.05, 0.1) is 40.8 Å². The van der Waals surface area contributed by atoms with Gasteiger partial charge in [-0.25, -0.2) is 0 Å². The van der Waals surface area contributed by atoms with Gasteiger partial charge in [0.15, 0.2) is 0 Å². The van der Waals surface area contributed by atoms with Crippen molar-refractivity contribution in [2.24, 2.45) is 17.8 Å². The summed E-state index contributed by atoms with van der Waals surface area (Å²) >= 11 is 6.53. The number of aliphatic hydroxyl groups is 1. The molecule has 4 aliphatic heterocycles. The van der Waals surface area contributed by atoms with Gasteiger partial charge in [-0.1, -0.05) is 68.8 Å². The zero-order chi connectivity index (χ0) is 28.1. The monoisotopic (exact) mass is 555 g/mol. The smallest absolute Gasteiger partial charge is 0.253 e. The van der Waals surface area contributed by atoms with E-state index in [9.17, 15) is 19.5 Å². The lowest BCUT2D eigenvalue weighted by Crippen LogP contribution is -2.59. The number of hydrogen-bond acceptors (Lipinski definition) is 5. The second kappa shape index (κ2) is 10.4. The van der Waals surface area contributed by atoms with Crippen LogP contribution in [0.3, 0.4) is 0 Å². The summed E-state index contributed by atoms with van der Waals surface area (Å²) in [5, 5.41) is 10.9. The standard InChI is InChI=1S/C30H38ClN3O5/c1-5-14-32-15-8-12-29(4)23(26(32)36)24-27(37)34(20(18-35)17-19(2)3)25-28(38)33(16-9-13-30(24,25)39-29)22-11-7-6-10-21(22)31/h6-13,19-20,23-25,35H,5,14-18H2,1-4H3/t20-,23+,24+,25?,29-,30+/m1/s1. The Morgan fingerprint density at radius 2 is 1.77 bits per heavy atom. The Labute approximate surface area is 235 Å². The number of fused-ring (bicyclic) bond motifs is 2. The maximum Gasteiger partial charge on any atom is 0.253 e. The molecule has 39 heavy (non-hydrogen) atoms. The first-order valence-electron chi connectivity index (χ1n) is 13.9. The molecule has 4 aliphatic rings. The molecule has 0 aliphatic carbocycles. The summed E-state index contributed by atoms with van der Waals surface area (Å²) in [4.78, 5) is 48.0. The van der Waals surface area contributed by atoms with Gasteiger partial charge in [-0.05, 0) is 37.8 Å². The topological polar surface area (TPSA) is 90.4 Å². The first-order valence-corrected chi connectivity index (χ1v) is 14.3. The highest BCUT2D eigenvalue weighted by Crippen LogP contribution is 2.58. The van der Waals surface area contributed by atoms with Crippen LogP contribution in [0, 0.1) is 17.8 Å². The number of halogens is 1. The third-order valence-electron chi connectivity index (χ3n) is 8.56. The summed E-state index contributed by atoms with van der Waals surface area (Å²) < 4.78 is 6.86. The van der Waals surface area contributed by atoms with Gasteiger partial charge in [-0.2, -0.15) is 0 Å². The fourth-order valence-electron chi connectivity index (χ4n) is 7.08. The Kier molecular flexibility index (Phi) is 7.42. The molecule has 5 rings (SSSR count). The van der Waals surface area contributed by atoms with Crippen molar-refractivity contribution in [2.45, 2.75) is 63.8 Å². The average molecular weight is 556 g/mol. The van der Waals surface area contributed by atoms with Crippen LogP contribution < -0.4 is 4.90 Å². The van der Waals surface area contributed by atoms with Gasteiger partial charge >= 0.3 is 0 Å². The molecule has 1 aromatic carbocycles. The zero-order valence-corrected chi connectivity index (χ0v) is 23.8. The summed E-state index contributed by atoms with van der Waals surface area (Å²) in [5.41, 5.74) is -1.90. The zero-order valence-electron chi connectivity index (χ0n) is 23.0. The van der Waals surface area contributed by atoms with Crippen LogP contribution in [0.5, 0.6) is 0 Å². The number of likely N-dealkylation sites (tertiary alicyclic amines) is 1. The van der Waals surface area contributed by atoms with Crippen molar-refractivity contribution < 1.29 is 24.2 Å². The summed E-state index contributed by atoms with van der Waals surface area (Å²) in [6.07, 6.45) is 8.77. The normalized spacial score (nSPS) is 32.8. The van der Waals surface area contributed by atoms with Crippen LogP contribution in [0.25, 0.3) is 0 Å². The lowest BCUT2D eigenvalue weighted by Gasteiger charge is -2.40. The third kappa shape index (κ3) is 4.32. The molecule has 0 saturated carbocycles. The lowest BCUT2D eigenvalue weighted by atomic mass is 9.74. The van der Waals surface area contributed by atoms with Crippen molar-refractivity contribution in [3.05, 3.63) is 53.6 Å². The van der Waals surface area contributed by atoms with E-state index in [2.05, 4.69) is 0 Å². The molecule has 1 aromatic rings. The number of amides is 3. The van der Waals surface area contributed by atoms with E-state index in [1.807, 2.05) is 58.1 Å². The van der Waals surface area contributed by atoms with Gasteiger partial charge in [0.25, 0.3) is 5.91 Å². The maximum absolute atomic E-state index is 14.6. The van der Waals surface area contributed by atoms with E-state index in [0.29, 0.717) is 30.2 Å². The molecule has 2 saturated heterocycles. The first kappa shape index (κ1) is 27.9. The van der Waals surface area contributed by atoms with E-state index >= 15 is 0 Å². The number of hydrogen-bond donors (Lipinski definition) is 1. The molecule has 0 bridgehead atoms. The number of para-hydroxylation sites is 1. The summed E-state index contributed by atoms with van der Waals surface area (Å²) in [5.74, 6) is -2.35. The maximum atomic E-state index is 14.6. The van der Waals surface area contributed by atoms with Gasteiger partial charge in [-0.3, -0.25) is 14.4 Å². The van der Waals surface area contributed by atoms with Crippen LogP contribution in [0.4, 0.5) is 5.69 Å². The van der Waals surface area contributed by atoms with Crippen LogP contribution in [-0.4, -0.2) is 82.2 Å². The molecule has 1 spiro atoms. The largest absolute Gasteiger partial charge is 0.394 e. The second-order valence-corrected chi connectivity index (χ2v) is 12.1. The number of ether oxygens (including phenoxy) is 1. The summed E-state index contributed by atoms with van der Waals surface area (Å²) in [6, 6.07) is 5.44. The van der Waals surface area contributed by atoms with Crippen molar-refractivity contribution in [1.29, 1.82) is 0 Å². The predicted octanol–water partition coefficient (Wildman–Crippen LogP) is 3.43. The number of benzene rings is 1. The van der Waals surface area contributed by atoms with Crippen LogP contribution in [0.15, 0.2) is 48.6 Å². The Morgan fingerprint density at radius 3 is 2.44 bits per heavy atom. The van der Waals surface area contributed by atoms with Crippen molar-refractivity contribution >= 4 is 35.0 Å². The minimum Gasteiger partial charge on any atom is -0.394 e. The van der Waals surface area contributed by atoms with Gasteiger partial charge < -0.3 is 24.5 Å². The van der Waals surface area contributed by atoms with Crippen LogP contribution in [0.2, 0.25) is 5.02 Å². The lowest BCUT2D eigenvalue weighted by molar-refractivity contribution is -0.151. The SMILES string of the molecule is CCCN1CC=C[C@@]2(C)O[C@]34C=CCN(c5ccccc5Cl)C(=O)C3N([C@@H](CO)CC(C)C)C(=O)[C@@H]4[C@H]2C1=O. The first-order chi connectivity index (χ1) is 18.6. The number of anilines is 1. The molecule has 0 radical (unpaired) electrons. The van der Waals surface area contributed by atoms with Gasteiger partial charge in [0.2, 0.25) is 11.8 Å². The molecular weight excluding hydrogens is 518 g/mol. The molecule has 2 fully saturated rings. The van der Waals surface area contributed by atoms with Gasteiger partial charge in [-0.15, -0.1) is 0 Å². The number of nitrogens with zero attached hydrogens (tertiary/aromatic N) is 3. The van der Waals surface area contributed by atoms with E-state index in [1.54, 1.807) is 28.0 Å². The molecular formula is C30H38ClN3O5. The van der Waals surface area contributed by atoms with Gasteiger partial charge in [0, 0.05) is 19.6 Å².